The van der Waals surface area contributed by atoms with Gasteiger partial charge in [-0.1, -0.05) is 0 Å². The second-order valence-electron chi connectivity index (χ2n) is 7.10. The second kappa shape index (κ2) is 5.88. The van der Waals surface area contributed by atoms with E-state index < -0.39 is 0 Å². The highest BCUT2D eigenvalue weighted by Gasteiger charge is 2.40. The molecule has 1 aromatic heterocycles. The maximum absolute atomic E-state index is 13.0. The van der Waals surface area contributed by atoms with E-state index in [0.717, 1.165) is 23.0 Å². The maximum Gasteiger partial charge on any atom is 0.253 e. The maximum atomic E-state index is 13.0. The van der Waals surface area contributed by atoms with Crippen LogP contribution in [0, 0.1) is 13.8 Å². The third kappa shape index (κ3) is 2.61. The van der Waals surface area contributed by atoms with E-state index >= 15 is 0 Å². The predicted octanol–water partition coefficient (Wildman–Crippen LogP) is 1.86. The number of hydrogen-bond donors (Lipinski definition) is 1. The molecule has 2 aliphatic rings. The fourth-order valence-corrected chi connectivity index (χ4v) is 3.90. The minimum atomic E-state index is -0.0566. The lowest BCUT2D eigenvalue weighted by Gasteiger charge is -2.45. The van der Waals surface area contributed by atoms with Crippen molar-refractivity contribution in [3.63, 3.8) is 0 Å². The molecule has 4 rings (SSSR count). The number of aromatic amines is 1. The lowest BCUT2D eigenvalue weighted by atomic mass is 9.98. The Morgan fingerprint density at radius 2 is 2.12 bits per heavy atom. The number of likely N-dealkylation sites (N-methyl/N-ethyl adjacent to an activating group) is 1. The number of morpholine rings is 1. The number of hydrogen-bond acceptors (Lipinski definition) is 3. The molecule has 3 heterocycles. The zero-order valence-electron chi connectivity index (χ0n) is 14.8. The molecular weight excluding hydrogens is 318 g/mol. The fourth-order valence-electron chi connectivity index (χ4n) is 3.90. The van der Waals surface area contributed by atoms with E-state index in [4.69, 9.17) is 4.74 Å². The molecule has 2 amide bonds. The minimum Gasteiger partial charge on any atom is -0.366 e. The molecule has 6 nitrogen and oxygen atoms in total. The van der Waals surface area contributed by atoms with Crippen LogP contribution in [0.2, 0.25) is 0 Å². The fraction of sp³-hybridized carbons (Fsp3) is 0.474. The number of nitrogens with zero attached hydrogens (tertiary/aromatic N) is 2. The number of carbonyl (C=O) groups is 2. The van der Waals surface area contributed by atoms with Crippen molar-refractivity contribution in [1.29, 1.82) is 0 Å². The molecule has 2 saturated heterocycles. The van der Waals surface area contributed by atoms with Crippen molar-refractivity contribution >= 4 is 22.7 Å². The third-order valence-corrected chi connectivity index (χ3v) is 5.67. The summed E-state index contributed by atoms with van der Waals surface area (Å²) in [6.07, 6.45) is 0.794. The number of aromatic nitrogens is 1. The number of piperidine rings is 1. The van der Waals surface area contributed by atoms with Crippen molar-refractivity contribution < 1.29 is 14.3 Å². The van der Waals surface area contributed by atoms with Gasteiger partial charge in [0.15, 0.2) is 0 Å². The van der Waals surface area contributed by atoms with Gasteiger partial charge in [-0.3, -0.25) is 9.59 Å². The molecule has 0 unspecified atom stereocenters. The summed E-state index contributed by atoms with van der Waals surface area (Å²) in [7, 11) is 1.80. The average molecular weight is 341 g/mol. The molecule has 0 bridgehead atoms. The molecule has 0 spiro atoms. The standard InChI is InChI=1S/C19H23N3O3/c1-11-12(2)20-15-5-4-13(8-14(11)15)19(24)22-7-6-17-16(9-22)21(3)18(23)10-25-17/h4-5,8,16-17,20H,6-7,9-10H2,1-3H3/t16-,17+/m0/s1. The average Bonchev–Trinajstić information content (AvgIpc) is 2.91. The Morgan fingerprint density at radius 3 is 2.92 bits per heavy atom. The summed E-state index contributed by atoms with van der Waals surface area (Å²) in [4.78, 5) is 31.8. The van der Waals surface area contributed by atoms with Gasteiger partial charge in [-0.15, -0.1) is 0 Å². The van der Waals surface area contributed by atoms with Crippen LogP contribution in [0.1, 0.15) is 28.0 Å². The Kier molecular flexibility index (Phi) is 3.80. The summed E-state index contributed by atoms with van der Waals surface area (Å²) in [6.45, 7) is 5.43. The molecule has 1 N–H and O–H groups in total. The van der Waals surface area contributed by atoms with Gasteiger partial charge in [0.25, 0.3) is 5.91 Å². The van der Waals surface area contributed by atoms with E-state index in [-0.39, 0.29) is 30.6 Å². The summed E-state index contributed by atoms with van der Waals surface area (Å²) < 4.78 is 5.64. The Labute approximate surface area is 146 Å². The van der Waals surface area contributed by atoms with E-state index in [1.165, 1.54) is 5.56 Å². The van der Waals surface area contributed by atoms with Crippen LogP contribution < -0.4 is 0 Å². The smallest absolute Gasteiger partial charge is 0.253 e. The number of aryl methyl sites for hydroxylation is 2. The van der Waals surface area contributed by atoms with Crippen molar-refractivity contribution in [2.24, 2.45) is 0 Å². The number of H-pyrrole nitrogens is 1. The molecule has 2 fully saturated rings. The molecular formula is C19H23N3O3. The molecule has 132 valence electrons. The van der Waals surface area contributed by atoms with Gasteiger partial charge in [0, 0.05) is 42.3 Å². The number of rotatable bonds is 1. The van der Waals surface area contributed by atoms with Crippen LogP contribution in [0.15, 0.2) is 18.2 Å². The summed E-state index contributed by atoms with van der Waals surface area (Å²) in [6, 6.07) is 5.75. The lowest BCUT2D eigenvalue weighted by Crippen LogP contribution is -2.61. The molecule has 25 heavy (non-hydrogen) atoms. The summed E-state index contributed by atoms with van der Waals surface area (Å²) in [5.74, 6) is 0.000386. The number of benzene rings is 1. The molecule has 2 aromatic rings. The Morgan fingerprint density at radius 1 is 1.32 bits per heavy atom. The van der Waals surface area contributed by atoms with Crippen LogP contribution in [-0.4, -0.2) is 65.5 Å². The topological polar surface area (TPSA) is 65.6 Å². The first-order chi connectivity index (χ1) is 12.0. The van der Waals surface area contributed by atoms with Crippen molar-refractivity contribution in [2.75, 3.05) is 26.7 Å². The number of carbonyl (C=O) groups excluding carboxylic acids is 2. The van der Waals surface area contributed by atoms with Crippen LogP contribution in [0.5, 0.6) is 0 Å². The van der Waals surface area contributed by atoms with Crippen LogP contribution in [-0.2, 0) is 9.53 Å². The van der Waals surface area contributed by atoms with E-state index in [0.29, 0.717) is 18.7 Å². The quantitative estimate of drug-likeness (QED) is 0.861. The van der Waals surface area contributed by atoms with Crippen molar-refractivity contribution in [3.05, 3.63) is 35.0 Å². The van der Waals surface area contributed by atoms with Gasteiger partial charge in [0.2, 0.25) is 5.91 Å². The normalized spacial score (nSPS) is 23.9. The van der Waals surface area contributed by atoms with Crippen LogP contribution >= 0.6 is 0 Å². The van der Waals surface area contributed by atoms with Gasteiger partial charge < -0.3 is 19.5 Å². The molecule has 0 radical (unpaired) electrons. The molecule has 6 heteroatoms. The van der Waals surface area contributed by atoms with Crippen molar-refractivity contribution in [3.8, 4) is 0 Å². The Balaban J connectivity index is 1.58. The van der Waals surface area contributed by atoms with Gasteiger partial charge in [-0.2, -0.15) is 0 Å². The molecule has 1 aromatic carbocycles. The SMILES string of the molecule is Cc1[nH]c2ccc(C(=O)N3CC[C@H]4OCC(=O)N(C)[C@H]4C3)cc2c1C. The number of nitrogens with one attached hydrogen (secondary N) is 1. The highest BCUT2D eigenvalue weighted by Crippen LogP contribution is 2.26. The monoisotopic (exact) mass is 341 g/mol. The lowest BCUT2D eigenvalue weighted by molar-refractivity contribution is -0.159. The highest BCUT2D eigenvalue weighted by atomic mass is 16.5. The van der Waals surface area contributed by atoms with E-state index in [1.807, 2.05) is 30.0 Å². The van der Waals surface area contributed by atoms with Gasteiger partial charge in [0.05, 0.1) is 12.1 Å². The number of likely N-dealkylation sites (tertiary alicyclic amines) is 1. The highest BCUT2D eigenvalue weighted by molar-refractivity contribution is 5.99. The van der Waals surface area contributed by atoms with Gasteiger partial charge in [0.1, 0.15) is 6.61 Å². The largest absolute Gasteiger partial charge is 0.366 e. The molecule has 2 aliphatic heterocycles. The van der Waals surface area contributed by atoms with Gasteiger partial charge >= 0.3 is 0 Å². The zero-order chi connectivity index (χ0) is 17.7. The van der Waals surface area contributed by atoms with E-state index in [2.05, 4.69) is 11.9 Å². The predicted molar refractivity (Wildman–Crippen MR) is 94.6 cm³/mol. The Hall–Kier alpha value is -2.34. The second-order valence-corrected chi connectivity index (χ2v) is 7.10. The molecule has 0 saturated carbocycles. The van der Waals surface area contributed by atoms with Crippen molar-refractivity contribution in [1.82, 2.24) is 14.8 Å². The number of fused-ring (bicyclic) bond motifs is 2. The van der Waals surface area contributed by atoms with E-state index in [9.17, 15) is 9.59 Å². The first-order valence-corrected chi connectivity index (χ1v) is 8.71. The van der Waals surface area contributed by atoms with Crippen LogP contribution in [0.3, 0.4) is 0 Å². The summed E-state index contributed by atoms with van der Waals surface area (Å²) in [5.41, 5.74) is 4.05. The number of amides is 2. The van der Waals surface area contributed by atoms with Gasteiger partial charge in [-0.25, -0.2) is 0 Å². The molecule has 2 atom stereocenters. The Bertz CT molecular complexity index is 857. The van der Waals surface area contributed by atoms with E-state index in [1.54, 1.807) is 11.9 Å². The first kappa shape index (κ1) is 16.1. The third-order valence-electron chi connectivity index (χ3n) is 5.67. The van der Waals surface area contributed by atoms with Crippen LogP contribution in [0.4, 0.5) is 0 Å². The summed E-state index contributed by atoms with van der Waals surface area (Å²) in [5, 5.41) is 1.09. The number of ether oxygens (including phenoxy) is 1. The van der Waals surface area contributed by atoms with Gasteiger partial charge in [-0.05, 0) is 44.0 Å². The zero-order valence-corrected chi connectivity index (χ0v) is 14.8. The van der Waals surface area contributed by atoms with Crippen LogP contribution in [0.25, 0.3) is 10.9 Å². The summed E-state index contributed by atoms with van der Waals surface area (Å²) >= 11 is 0. The van der Waals surface area contributed by atoms with Crippen molar-refractivity contribution in [2.45, 2.75) is 32.4 Å². The molecule has 0 aliphatic carbocycles. The minimum absolute atomic E-state index is 0.0182. The first-order valence-electron chi connectivity index (χ1n) is 8.71.